The lowest BCUT2D eigenvalue weighted by Crippen LogP contribution is -2.57. The van der Waals surface area contributed by atoms with Gasteiger partial charge in [0.15, 0.2) is 5.82 Å². The predicted octanol–water partition coefficient (Wildman–Crippen LogP) is 8.05. The van der Waals surface area contributed by atoms with Crippen LogP contribution in [0, 0.1) is 33.1 Å². The monoisotopic (exact) mass is 1040 g/mol. The van der Waals surface area contributed by atoms with Gasteiger partial charge in [-0.3, -0.25) is 28.7 Å². The quantitative estimate of drug-likeness (QED) is 0.0779. The Morgan fingerprint density at radius 3 is 2.30 bits per heavy atom. The standard InChI is InChI=1S/C54H61ClN10O6S2/c1-28-31(4)73-53-46(28)47(35-15-17-37(55)18-16-35)60-41(50-63-62-32(5)65(50)53)24-44(68)59-38-21-40(22-38)71-45-20-10-33(25-56-45)9-19-43(67)61-49(54(6,7)8)52(70)64-26-39(66)23-42(64)51(69)58-29(2)34-11-13-36(14-12-34)48-30(3)57-27-72-48/h10-18,20,25,27,29,38-42,49,66H,9,19,21-24,26H2,1-8H3,(H,58,69)(H,59,68)(H,61,67)/t29-,38-,39+,40+,41-,42-,49?/m0/s1. The van der Waals surface area contributed by atoms with Crippen molar-refractivity contribution in [2.45, 2.75) is 136 Å². The fraction of sp³-hybridized carbons (Fsp3) is 0.426. The molecule has 73 heavy (non-hydrogen) atoms. The second-order valence-corrected chi connectivity index (χ2v) is 23.0. The van der Waals surface area contributed by atoms with Crippen molar-refractivity contribution in [3.05, 3.63) is 127 Å². The van der Waals surface area contributed by atoms with Crippen LogP contribution in [0.25, 0.3) is 15.4 Å². The molecule has 2 aliphatic heterocycles. The van der Waals surface area contributed by atoms with Crippen LogP contribution in [0.1, 0.15) is 122 Å². The summed E-state index contributed by atoms with van der Waals surface area (Å²) >= 11 is 9.51. The molecule has 1 saturated carbocycles. The maximum atomic E-state index is 14.2. The van der Waals surface area contributed by atoms with E-state index in [-0.39, 0.29) is 61.7 Å². The van der Waals surface area contributed by atoms with Gasteiger partial charge in [-0.05, 0) is 80.8 Å². The molecule has 382 valence electrons. The molecule has 2 fully saturated rings. The molecule has 4 aromatic heterocycles. The summed E-state index contributed by atoms with van der Waals surface area (Å²) in [5.74, 6) is 0.536. The van der Waals surface area contributed by atoms with Crippen LogP contribution in [0.5, 0.6) is 5.88 Å². The van der Waals surface area contributed by atoms with Gasteiger partial charge in [0, 0.05) is 71.6 Å². The zero-order valence-corrected chi connectivity index (χ0v) is 44.6. The molecule has 2 aromatic carbocycles. The Balaban J connectivity index is 0.750. The van der Waals surface area contributed by atoms with Gasteiger partial charge in [-0.1, -0.05) is 74.8 Å². The van der Waals surface area contributed by atoms with Crippen molar-refractivity contribution in [3.8, 4) is 21.3 Å². The third kappa shape index (κ3) is 11.3. The first-order valence-electron chi connectivity index (χ1n) is 24.7. The average Bonchev–Trinajstić information content (AvgIpc) is 4.11. The molecule has 3 aliphatic rings. The van der Waals surface area contributed by atoms with E-state index in [1.165, 1.54) is 9.78 Å². The lowest BCUT2D eigenvalue weighted by molar-refractivity contribution is -0.144. The van der Waals surface area contributed by atoms with Crippen molar-refractivity contribution in [3.63, 3.8) is 0 Å². The average molecular weight is 1050 g/mol. The molecule has 0 bridgehead atoms. The fourth-order valence-corrected chi connectivity index (χ4v) is 11.8. The molecule has 0 spiro atoms. The molecule has 6 heterocycles. The zero-order chi connectivity index (χ0) is 51.9. The number of aliphatic hydroxyl groups is 1. The third-order valence-corrected chi connectivity index (χ3v) is 16.4. The van der Waals surface area contributed by atoms with Crippen molar-refractivity contribution < 1.29 is 29.0 Å². The second kappa shape index (κ2) is 21.2. The van der Waals surface area contributed by atoms with Crippen molar-refractivity contribution in [2.24, 2.45) is 10.4 Å². The molecule has 1 unspecified atom stereocenters. The van der Waals surface area contributed by atoms with Crippen LogP contribution in [0.3, 0.4) is 0 Å². The number of nitrogens with one attached hydrogen (secondary N) is 3. The van der Waals surface area contributed by atoms with Gasteiger partial charge in [0.2, 0.25) is 29.5 Å². The number of carbonyl (C=O) groups is 4. The first-order chi connectivity index (χ1) is 34.8. The molecule has 1 saturated heterocycles. The number of aliphatic hydroxyl groups excluding tert-OH is 1. The molecule has 0 radical (unpaired) electrons. The number of aryl methyl sites for hydroxylation is 4. The molecule has 9 rings (SSSR count). The highest BCUT2D eigenvalue weighted by Crippen LogP contribution is 2.40. The van der Waals surface area contributed by atoms with Crippen LogP contribution in [0.4, 0.5) is 0 Å². The number of halogens is 1. The number of benzene rings is 2. The van der Waals surface area contributed by atoms with E-state index >= 15 is 0 Å². The maximum absolute atomic E-state index is 14.2. The van der Waals surface area contributed by atoms with Gasteiger partial charge in [0.1, 0.15) is 35.1 Å². The van der Waals surface area contributed by atoms with Crippen LogP contribution >= 0.6 is 34.3 Å². The summed E-state index contributed by atoms with van der Waals surface area (Å²) in [6, 6.07) is 16.3. The first kappa shape index (κ1) is 51.6. The van der Waals surface area contributed by atoms with Crippen LogP contribution in [0.2, 0.25) is 5.02 Å². The van der Waals surface area contributed by atoms with Crippen LogP contribution in [0.15, 0.2) is 77.4 Å². The summed E-state index contributed by atoms with van der Waals surface area (Å²) in [4.78, 5) is 72.8. The molecule has 6 aromatic rings. The normalized spacial score (nSPS) is 20.2. The number of carbonyl (C=O) groups excluding carboxylic acids is 4. The maximum Gasteiger partial charge on any atom is 0.246 e. The zero-order valence-electron chi connectivity index (χ0n) is 42.2. The number of hydrogen-bond acceptors (Lipinski definition) is 13. The smallest absolute Gasteiger partial charge is 0.246 e. The van der Waals surface area contributed by atoms with E-state index in [1.807, 2.05) is 106 Å². The Bertz CT molecular complexity index is 3050. The number of thiazole rings is 1. The first-order valence-corrected chi connectivity index (χ1v) is 26.7. The molecular formula is C54H61ClN10O6S2. The van der Waals surface area contributed by atoms with Crippen molar-refractivity contribution in [1.82, 2.24) is 45.6 Å². The number of nitrogens with zero attached hydrogens (tertiary/aromatic N) is 7. The second-order valence-electron chi connectivity index (χ2n) is 20.5. The number of likely N-dealkylation sites (tertiary alicyclic amines) is 1. The Morgan fingerprint density at radius 2 is 1.63 bits per heavy atom. The topological polar surface area (TPSA) is 206 Å². The summed E-state index contributed by atoms with van der Waals surface area (Å²) in [7, 11) is 0. The summed E-state index contributed by atoms with van der Waals surface area (Å²) in [5.41, 5.74) is 8.67. The van der Waals surface area contributed by atoms with E-state index in [0.29, 0.717) is 36.0 Å². The Kier molecular flexibility index (Phi) is 15.0. The lowest BCUT2D eigenvalue weighted by atomic mass is 9.85. The van der Waals surface area contributed by atoms with Gasteiger partial charge in [0.05, 0.1) is 40.4 Å². The van der Waals surface area contributed by atoms with E-state index < -0.39 is 35.6 Å². The van der Waals surface area contributed by atoms with Gasteiger partial charge < -0.3 is 30.7 Å². The van der Waals surface area contributed by atoms with Crippen LogP contribution < -0.4 is 20.7 Å². The van der Waals surface area contributed by atoms with E-state index in [4.69, 9.17) is 21.3 Å². The van der Waals surface area contributed by atoms with Crippen molar-refractivity contribution >= 4 is 63.6 Å². The number of rotatable bonds is 15. The highest BCUT2D eigenvalue weighted by Gasteiger charge is 2.45. The Hall–Kier alpha value is -6.34. The number of thiophene rings is 1. The molecule has 19 heteroatoms. The Labute approximate surface area is 438 Å². The van der Waals surface area contributed by atoms with Crippen LogP contribution in [-0.4, -0.2) is 101 Å². The number of aromatic nitrogens is 5. The lowest BCUT2D eigenvalue weighted by Gasteiger charge is -2.35. The highest BCUT2D eigenvalue weighted by atomic mass is 35.5. The van der Waals surface area contributed by atoms with Crippen molar-refractivity contribution in [1.29, 1.82) is 0 Å². The highest BCUT2D eigenvalue weighted by molar-refractivity contribution is 7.15. The van der Waals surface area contributed by atoms with Crippen LogP contribution in [-0.2, 0) is 25.6 Å². The Morgan fingerprint density at radius 1 is 0.904 bits per heavy atom. The van der Waals surface area contributed by atoms with Gasteiger partial charge in [-0.15, -0.1) is 32.9 Å². The fourth-order valence-electron chi connectivity index (χ4n) is 9.68. The van der Waals surface area contributed by atoms with E-state index in [0.717, 1.165) is 60.5 Å². The summed E-state index contributed by atoms with van der Waals surface area (Å²) < 4.78 is 8.19. The molecule has 1 aliphatic carbocycles. The van der Waals surface area contributed by atoms with E-state index in [9.17, 15) is 24.3 Å². The van der Waals surface area contributed by atoms with Gasteiger partial charge in [-0.2, -0.15) is 0 Å². The SMILES string of the molecule is Cc1ncsc1-c1ccc([C@H](C)NC(=O)[C@@H]2C[C@@H](O)CN2C(=O)C(NC(=O)CCc2ccc(O[C@H]3C[C@@H](NC(=O)C[C@@H]4N=C(c5ccc(Cl)cc5)c5c(sc(C)c5C)-n5c(C)nnc54)C3)nc2)C(C)(C)C)cc1. The number of β-amino-alcohol motifs (C(OH)–C–C–N with tert-alkyl or cyclic N) is 1. The number of fused-ring (bicyclic) bond motifs is 3. The van der Waals surface area contributed by atoms with Gasteiger partial charge >= 0.3 is 0 Å². The molecular weight excluding hydrogens is 984 g/mol. The van der Waals surface area contributed by atoms with Crippen molar-refractivity contribution in [2.75, 3.05) is 6.54 Å². The summed E-state index contributed by atoms with van der Waals surface area (Å²) in [6.07, 6.45) is 2.53. The summed E-state index contributed by atoms with van der Waals surface area (Å²) in [5, 5.41) is 30.4. The van der Waals surface area contributed by atoms with E-state index in [2.05, 4.69) is 50.0 Å². The molecule has 4 N–H and O–H groups in total. The van der Waals surface area contributed by atoms with E-state index in [1.54, 1.807) is 34.9 Å². The van der Waals surface area contributed by atoms with Gasteiger partial charge in [0.25, 0.3) is 0 Å². The third-order valence-electron chi connectivity index (χ3n) is 14.0. The minimum Gasteiger partial charge on any atom is -0.474 e. The molecule has 16 nitrogen and oxygen atoms in total. The number of amides is 4. The number of ether oxygens (including phenoxy) is 1. The largest absolute Gasteiger partial charge is 0.474 e. The number of aliphatic imine (C=N–C) groups is 1. The minimum atomic E-state index is -0.946. The minimum absolute atomic E-state index is 0.0158. The number of pyridine rings is 1. The van der Waals surface area contributed by atoms with Gasteiger partial charge in [-0.25, -0.2) is 9.97 Å². The number of hydrogen-bond donors (Lipinski definition) is 4. The molecule has 5 atom stereocenters. The summed E-state index contributed by atoms with van der Waals surface area (Å²) in [6.45, 7) is 15.5. The molecule has 4 amide bonds. The predicted molar refractivity (Wildman–Crippen MR) is 282 cm³/mol.